The normalized spacial score (nSPS) is 10.7. The molecule has 6 rings (SSSR count). The molecule has 0 saturated heterocycles. The molecule has 0 saturated carbocycles. The highest BCUT2D eigenvalue weighted by Crippen LogP contribution is 2.24. The van der Waals surface area contributed by atoms with Crippen LogP contribution in [0, 0.1) is 0 Å². The molecule has 0 aliphatic carbocycles. The van der Waals surface area contributed by atoms with E-state index in [9.17, 15) is 14.4 Å². The minimum atomic E-state index is -0.883. The van der Waals surface area contributed by atoms with E-state index in [4.69, 9.17) is 15.3 Å². The number of aromatic carboxylic acids is 3. The SMILES string of the molecule is CCCCCCCCc1ccc(-c2ccc(C(=O)O)cc2)cc1.CCCCCCCCc1ccc(-c2ccc(C(=O)O)cc2)cc1.CCCCCCCCc1ccc(-c2ccc(C(=O)O)cc2)cc1. The fourth-order valence-electron chi connectivity index (χ4n) is 8.34. The zero-order chi connectivity index (χ0) is 49.5. The molecule has 0 bridgehead atoms. The van der Waals surface area contributed by atoms with Crippen LogP contribution in [-0.4, -0.2) is 33.2 Å². The van der Waals surface area contributed by atoms with Gasteiger partial charge < -0.3 is 15.3 Å². The highest BCUT2D eigenvalue weighted by molar-refractivity contribution is 5.89. The van der Waals surface area contributed by atoms with Crippen molar-refractivity contribution in [3.8, 4) is 33.4 Å². The molecule has 0 unspecified atom stereocenters. The van der Waals surface area contributed by atoms with Crippen molar-refractivity contribution in [2.75, 3.05) is 0 Å². The van der Waals surface area contributed by atoms with E-state index >= 15 is 0 Å². The van der Waals surface area contributed by atoms with Gasteiger partial charge in [-0.1, -0.05) is 226 Å². The van der Waals surface area contributed by atoms with Crippen LogP contribution in [-0.2, 0) is 19.3 Å². The van der Waals surface area contributed by atoms with Gasteiger partial charge in [0.15, 0.2) is 0 Å². The van der Waals surface area contributed by atoms with Gasteiger partial charge in [0.05, 0.1) is 16.7 Å². The molecule has 0 radical (unpaired) electrons. The van der Waals surface area contributed by atoms with Gasteiger partial charge in [-0.3, -0.25) is 0 Å². The molecule has 0 heterocycles. The molecule has 3 N–H and O–H groups in total. The Kier molecular flexibility index (Phi) is 26.0. The first kappa shape index (κ1) is 55.3. The van der Waals surface area contributed by atoms with E-state index in [1.807, 2.05) is 36.4 Å². The molecule has 0 spiro atoms. The van der Waals surface area contributed by atoms with Crippen LogP contribution in [0.25, 0.3) is 33.4 Å². The van der Waals surface area contributed by atoms with Crippen molar-refractivity contribution < 1.29 is 29.7 Å². The zero-order valence-electron chi connectivity index (χ0n) is 41.8. The minimum absolute atomic E-state index is 0.327. The minimum Gasteiger partial charge on any atom is -0.478 e. The quantitative estimate of drug-likeness (QED) is 0.0444. The van der Waals surface area contributed by atoms with Crippen molar-refractivity contribution in [3.63, 3.8) is 0 Å². The predicted octanol–water partition coefficient (Wildman–Crippen LogP) is 17.9. The second-order valence-electron chi connectivity index (χ2n) is 18.3. The first-order chi connectivity index (χ1) is 33.6. The van der Waals surface area contributed by atoms with Gasteiger partial charge in [-0.15, -0.1) is 0 Å². The van der Waals surface area contributed by atoms with Gasteiger partial charge in [0.25, 0.3) is 0 Å². The van der Waals surface area contributed by atoms with Crippen molar-refractivity contribution in [3.05, 3.63) is 179 Å². The summed E-state index contributed by atoms with van der Waals surface area (Å²) in [6.07, 6.45) is 27.3. The molecule has 0 aromatic heterocycles. The van der Waals surface area contributed by atoms with Crippen molar-refractivity contribution in [1.82, 2.24) is 0 Å². The van der Waals surface area contributed by atoms with Crippen LogP contribution >= 0.6 is 0 Å². The van der Waals surface area contributed by atoms with Gasteiger partial charge >= 0.3 is 17.9 Å². The van der Waals surface area contributed by atoms with Crippen molar-refractivity contribution in [1.29, 1.82) is 0 Å². The Bertz CT molecular complexity index is 2060. The number of benzene rings is 6. The standard InChI is InChI=1S/3C21H26O2/c3*1-2-3-4-5-6-7-8-17-9-11-18(12-10-17)19-13-15-20(16-14-19)21(22)23/h3*9-16H,2-8H2,1H3,(H,22,23). The molecule has 366 valence electrons. The van der Waals surface area contributed by atoms with Gasteiger partial charge in [-0.2, -0.15) is 0 Å². The van der Waals surface area contributed by atoms with Gasteiger partial charge in [0.1, 0.15) is 0 Å². The maximum atomic E-state index is 10.9. The second-order valence-corrected chi connectivity index (χ2v) is 18.3. The third-order valence-electron chi connectivity index (χ3n) is 12.7. The van der Waals surface area contributed by atoms with Gasteiger partial charge in [-0.25, -0.2) is 14.4 Å². The first-order valence-electron chi connectivity index (χ1n) is 25.9. The number of hydrogen-bond donors (Lipinski definition) is 3. The summed E-state index contributed by atoms with van der Waals surface area (Å²) in [5.74, 6) is -2.65. The topological polar surface area (TPSA) is 112 Å². The number of carboxylic acids is 3. The molecule has 6 aromatic carbocycles. The van der Waals surface area contributed by atoms with Crippen molar-refractivity contribution in [2.45, 2.75) is 156 Å². The van der Waals surface area contributed by atoms with Gasteiger partial charge in [0.2, 0.25) is 0 Å². The van der Waals surface area contributed by atoms with Crippen molar-refractivity contribution in [2.24, 2.45) is 0 Å². The zero-order valence-corrected chi connectivity index (χ0v) is 41.8. The number of carbonyl (C=O) groups is 3. The lowest BCUT2D eigenvalue weighted by atomic mass is 10.00. The van der Waals surface area contributed by atoms with Crippen LogP contribution < -0.4 is 0 Å². The fraction of sp³-hybridized carbons (Fsp3) is 0.381. The number of rotatable bonds is 27. The van der Waals surface area contributed by atoms with E-state index < -0.39 is 17.9 Å². The van der Waals surface area contributed by atoms with E-state index in [1.54, 1.807) is 36.4 Å². The monoisotopic (exact) mass is 931 g/mol. The maximum absolute atomic E-state index is 10.9. The molecule has 0 amide bonds. The molecule has 69 heavy (non-hydrogen) atoms. The lowest BCUT2D eigenvalue weighted by molar-refractivity contribution is 0.0686. The van der Waals surface area contributed by atoms with E-state index in [1.165, 1.54) is 132 Å². The number of hydrogen-bond acceptors (Lipinski definition) is 3. The largest absolute Gasteiger partial charge is 0.478 e. The molecule has 0 aliphatic heterocycles. The molecule has 0 atom stereocenters. The molecule has 6 aromatic rings. The van der Waals surface area contributed by atoms with Crippen LogP contribution in [0.2, 0.25) is 0 Å². The third kappa shape index (κ3) is 21.3. The summed E-state index contributed by atoms with van der Waals surface area (Å²) in [5.41, 5.74) is 11.7. The smallest absolute Gasteiger partial charge is 0.335 e. The summed E-state index contributed by atoms with van der Waals surface area (Å²) in [5, 5.41) is 26.8. The second kappa shape index (κ2) is 32.5. The number of aryl methyl sites for hydroxylation is 3. The summed E-state index contributed by atoms with van der Waals surface area (Å²) >= 11 is 0. The summed E-state index contributed by atoms with van der Waals surface area (Å²) in [4.78, 5) is 32.6. The molecule has 6 heteroatoms. The summed E-state index contributed by atoms with van der Waals surface area (Å²) in [7, 11) is 0. The summed E-state index contributed by atoms with van der Waals surface area (Å²) < 4.78 is 0. The first-order valence-corrected chi connectivity index (χ1v) is 25.9. The Labute approximate surface area is 413 Å². The van der Waals surface area contributed by atoms with E-state index in [-0.39, 0.29) is 0 Å². The van der Waals surface area contributed by atoms with E-state index in [0.717, 1.165) is 52.6 Å². The van der Waals surface area contributed by atoms with Crippen LogP contribution in [0.4, 0.5) is 0 Å². The molecule has 0 fully saturated rings. The highest BCUT2D eigenvalue weighted by atomic mass is 16.4. The van der Waals surface area contributed by atoms with Crippen LogP contribution in [0.15, 0.2) is 146 Å². The molecular weight excluding hydrogens is 853 g/mol. The fourth-order valence-corrected chi connectivity index (χ4v) is 8.34. The molecular formula is C63H78O6. The van der Waals surface area contributed by atoms with Crippen LogP contribution in [0.3, 0.4) is 0 Å². The lowest BCUT2D eigenvalue weighted by Crippen LogP contribution is -1.95. The predicted molar refractivity (Wildman–Crippen MR) is 288 cm³/mol. The van der Waals surface area contributed by atoms with Gasteiger partial charge in [0, 0.05) is 0 Å². The Morgan fingerprint density at radius 1 is 0.261 bits per heavy atom. The molecule has 0 aliphatic rings. The lowest BCUT2D eigenvalue weighted by Gasteiger charge is -2.05. The Morgan fingerprint density at radius 3 is 0.623 bits per heavy atom. The van der Waals surface area contributed by atoms with Gasteiger partial charge in [-0.05, 0) is 125 Å². The Hall–Kier alpha value is -6.27. The number of unbranched alkanes of at least 4 members (excludes halogenated alkanes) is 15. The average molecular weight is 931 g/mol. The van der Waals surface area contributed by atoms with Crippen molar-refractivity contribution >= 4 is 17.9 Å². The molecule has 6 nitrogen and oxygen atoms in total. The van der Waals surface area contributed by atoms with Crippen LogP contribution in [0.5, 0.6) is 0 Å². The maximum Gasteiger partial charge on any atom is 0.335 e. The van der Waals surface area contributed by atoms with E-state index in [0.29, 0.717) is 16.7 Å². The highest BCUT2D eigenvalue weighted by Gasteiger charge is 2.07. The van der Waals surface area contributed by atoms with Crippen LogP contribution in [0.1, 0.15) is 184 Å². The Balaban J connectivity index is 0.000000225. The average Bonchev–Trinajstić information content (AvgIpc) is 3.38. The summed E-state index contributed by atoms with van der Waals surface area (Å²) in [6.45, 7) is 6.74. The Morgan fingerprint density at radius 2 is 0.435 bits per heavy atom. The number of carboxylic acid groups (broad SMARTS) is 3. The third-order valence-corrected chi connectivity index (χ3v) is 12.7. The summed E-state index contributed by atoms with van der Waals surface area (Å²) in [6, 6.07) is 47.0. The van der Waals surface area contributed by atoms with E-state index in [2.05, 4.69) is 93.6 Å².